The molecule has 19 heavy (non-hydrogen) atoms. The summed E-state index contributed by atoms with van der Waals surface area (Å²) >= 11 is 3.49. The topological polar surface area (TPSA) is 35.2 Å². The molecule has 1 rings (SSSR count). The molecule has 1 aromatic carbocycles. The van der Waals surface area contributed by atoms with Gasteiger partial charge in [-0.25, -0.2) is 0 Å². The first-order valence-corrected chi connectivity index (χ1v) is 8.07. The smallest absolute Gasteiger partial charge is 0.0947 e. The number of benzene rings is 1. The summed E-state index contributed by atoms with van der Waals surface area (Å²) in [4.78, 5) is 0. The predicted octanol–water partition coefficient (Wildman–Crippen LogP) is 4.68. The first kappa shape index (κ1) is 16.7. The fourth-order valence-corrected chi connectivity index (χ4v) is 2.57. The van der Waals surface area contributed by atoms with Crippen molar-refractivity contribution in [1.82, 2.24) is 0 Å². The summed E-state index contributed by atoms with van der Waals surface area (Å²) in [6, 6.07) is 8.22. The summed E-state index contributed by atoms with van der Waals surface area (Å²) in [5.41, 5.74) is 7.00. The molecule has 2 atom stereocenters. The lowest BCUT2D eigenvalue weighted by atomic mass is 10.0. The van der Waals surface area contributed by atoms with Gasteiger partial charge in [0, 0.05) is 11.0 Å². The molecule has 0 aliphatic carbocycles. The van der Waals surface area contributed by atoms with Crippen LogP contribution in [0, 0.1) is 5.92 Å². The second-order valence-electron chi connectivity index (χ2n) is 5.03. The van der Waals surface area contributed by atoms with Gasteiger partial charge in [-0.15, -0.1) is 0 Å². The van der Waals surface area contributed by atoms with Crippen LogP contribution in [0.25, 0.3) is 0 Å². The third-order valence-electron chi connectivity index (χ3n) is 3.51. The van der Waals surface area contributed by atoms with Crippen LogP contribution in [-0.4, -0.2) is 13.2 Å². The molecule has 108 valence electrons. The van der Waals surface area contributed by atoms with Crippen molar-refractivity contribution in [2.24, 2.45) is 11.7 Å². The highest BCUT2D eigenvalue weighted by atomic mass is 79.9. The Bertz CT molecular complexity index is 356. The van der Waals surface area contributed by atoms with E-state index in [9.17, 15) is 0 Å². The molecule has 3 heteroatoms. The number of rotatable bonds is 9. The number of unbranched alkanes of at least 4 members (excludes halogenated alkanes) is 1. The maximum Gasteiger partial charge on any atom is 0.0947 e. The van der Waals surface area contributed by atoms with Gasteiger partial charge in [-0.1, -0.05) is 61.2 Å². The molecule has 0 aromatic heterocycles. The average Bonchev–Trinajstić information content (AvgIpc) is 2.43. The Labute approximate surface area is 125 Å². The van der Waals surface area contributed by atoms with Gasteiger partial charge in [0.25, 0.3) is 0 Å². The molecule has 2 N–H and O–H groups in total. The Kier molecular flexibility index (Phi) is 8.35. The van der Waals surface area contributed by atoms with Crippen molar-refractivity contribution in [3.05, 3.63) is 34.3 Å². The van der Waals surface area contributed by atoms with Gasteiger partial charge in [-0.05, 0) is 30.0 Å². The minimum Gasteiger partial charge on any atom is -0.372 e. The van der Waals surface area contributed by atoms with Crippen molar-refractivity contribution in [3.63, 3.8) is 0 Å². The van der Waals surface area contributed by atoms with Crippen molar-refractivity contribution in [2.45, 2.75) is 45.6 Å². The number of hydrogen-bond donors (Lipinski definition) is 1. The summed E-state index contributed by atoms with van der Waals surface area (Å²) in [6.07, 6.45) is 4.97. The van der Waals surface area contributed by atoms with Crippen molar-refractivity contribution >= 4 is 15.9 Å². The average molecular weight is 328 g/mol. The van der Waals surface area contributed by atoms with Crippen LogP contribution in [-0.2, 0) is 4.74 Å². The molecule has 0 aliphatic heterocycles. The minimum atomic E-state index is 0.00757. The summed E-state index contributed by atoms with van der Waals surface area (Å²) in [6.45, 7) is 5.81. The lowest BCUT2D eigenvalue weighted by Crippen LogP contribution is -2.19. The van der Waals surface area contributed by atoms with E-state index in [1.54, 1.807) is 0 Å². The highest BCUT2D eigenvalue weighted by Gasteiger charge is 2.13. The molecular weight excluding hydrogens is 302 g/mol. The molecule has 0 heterocycles. The van der Waals surface area contributed by atoms with Gasteiger partial charge >= 0.3 is 0 Å². The van der Waals surface area contributed by atoms with E-state index in [2.05, 4.69) is 41.9 Å². The third-order valence-corrected chi connectivity index (χ3v) is 4.00. The Morgan fingerprint density at radius 1 is 1.32 bits per heavy atom. The van der Waals surface area contributed by atoms with E-state index in [1.807, 2.05) is 12.1 Å². The standard InChI is InChI=1S/C16H26BrNO/c1-3-5-7-13(4-2)12-19-16(11-18)14-8-6-9-15(17)10-14/h6,8-10,13,16H,3-5,7,11-12,18H2,1-2H3. The molecule has 0 saturated heterocycles. The quantitative estimate of drug-likeness (QED) is 0.714. The summed E-state index contributed by atoms with van der Waals surface area (Å²) in [5, 5.41) is 0. The van der Waals surface area contributed by atoms with Gasteiger partial charge < -0.3 is 10.5 Å². The lowest BCUT2D eigenvalue weighted by Gasteiger charge is -2.21. The minimum absolute atomic E-state index is 0.00757. The van der Waals surface area contributed by atoms with Gasteiger partial charge in [-0.2, -0.15) is 0 Å². The second-order valence-corrected chi connectivity index (χ2v) is 5.94. The maximum absolute atomic E-state index is 6.04. The Morgan fingerprint density at radius 2 is 2.11 bits per heavy atom. The van der Waals surface area contributed by atoms with Crippen LogP contribution in [0.3, 0.4) is 0 Å². The summed E-state index contributed by atoms with van der Waals surface area (Å²) < 4.78 is 7.11. The Hall–Kier alpha value is -0.380. The Morgan fingerprint density at radius 3 is 2.68 bits per heavy atom. The zero-order chi connectivity index (χ0) is 14.1. The van der Waals surface area contributed by atoms with Gasteiger partial charge in [0.15, 0.2) is 0 Å². The fourth-order valence-electron chi connectivity index (χ4n) is 2.16. The van der Waals surface area contributed by atoms with Crippen LogP contribution >= 0.6 is 15.9 Å². The van der Waals surface area contributed by atoms with E-state index in [-0.39, 0.29) is 6.10 Å². The number of nitrogens with two attached hydrogens (primary N) is 1. The first-order valence-electron chi connectivity index (χ1n) is 7.28. The zero-order valence-corrected chi connectivity index (χ0v) is 13.7. The highest BCUT2D eigenvalue weighted by Crippen LogP contribution is 2.22. The largest absolute Gasteiger partial charge is 0.372 e. The summed E-state index contributed by atoms with van der Waals surface area (Å²) in [7, 11) is 0. The van der Waals surface area contributed by atoms with Crippen molar-refractivity contribution < 1.29 is 4.74 Å². The first-order chi connectivity index (χ1) is 9.21. The van der Waals surface area contributed by atoms with Crippen LogP contribution in [0.5, 0.6) is 0 Å². The molecule has 0 bridgehead atoms. The lowest BCUT2D eigenvalue weighted by molar-refractivity contribution is 0.0299. The highest BCUT2D eigenvalue weighted by molar-refractivity contribution is 9.10. The SMILES string of the molecule is CCCCC(CC)COC(CN)c1cccc(Br)c1. The van der Waals surface area contributed by atoms with Crippen molar-refractivity contribution in [2.75, 3.05) is 13.2 Å². The van der Waals surface area contributed by atoms with E-state index < -0.39 is 0 Å². The van der Waals surface area contributed by atoms with E-state index in [4.69, 9.17) is 10.5 Å². The molecule has 2 unspecified atom stereocenters. The zero-order valence-electron chi connectivity index (χ0n) is 12.1. The third kappa shape index (κ3) is 6.07. The van der Waals surface area contributed by atoms with E-state index in [1.165, 1.54) is 25.7 Å². The monoisotopic (exact) mass is 327 g/mol. The van der Waals surface area contributed by atoms with Gasteiger partial charge in [0.1, 0.15) is 0 Å². The van der Waals surface area contributed by atoms with E-state index in [0.717, 1.165) is 16.6 Å². The van der Waals surface area contributed by atoms with E-state index >= 15 is 0 Å². The number of halogens is 1. The van der Waals surface area contributed by atoms with Crippen LogP contribution in [0.2, 0.25) is 0 Å². The fraction of sp³-hybridized carbons (Fsp3) is 0.625. The summed E-state index contributed by atoms with van der Waals surface area (Å²) in [5.74, 6) is 0.654. The molecule has 0 amide bonds. The second kappa shape index (κ2) is 9.51. The molecule has 1 aromatic rings. The van der Waals surface area contributed by atoms with Crippen LogP contribution in [0.15, 0.2) is 28.7 Å². The molecule has 2 nitrogen and oxygen atoms in total. The number of ether oxygens (including phenoxy) is 1. The van der Waals surface area contributed by atoms with Crippen molar-refractivity contribution in [3.8, 4) is 0 Å². The van der Waals surface area contributed by atoms with Gasteiger partial charge in [-0.3, -0.25) is 0 Å². The van der Waals surface area contributed by atoms with Gasteiger partial charge in [0.05, 0.1) is 12.7 Å². The maximum atomic E-state index is 6.04. The molecule has 0 aliphatic rings. The molecule has 0 saturated carbocycles. The molecule has 0 fully saturated rings. The number of hydrogen-bond acceptors (Lipinski definition) is 2. The van der Waals surface area contributed by atoms with Crippen LogP contribution in [0.1, 0.15) is 51.2 Å². The Balaban J connectivity index is 2.52. The van der Waals surface area contributed by atoms with Crippen LogP contribution < -0.4 is 5.73 Å². The molecular formula is C16H26BrNO. The molecule has 0 radical (unpaired) electrons. The van der Waals surface area contributed by atoms with Crippen LogP contribution in [0.4, 0.5) is 0 Å². The van der Waals surface area contributed by atoms with Gasteiger partial charge in [0.2, 0.25) is 0 Å². The predicted molar refractivity (Wildman–Crippen MR) is 85.2 cm³/mol. The molecule has 0 spiro atoms. The van der Waals surface area contributed by atoms with E-state index in [0.29, 0.717) is 12.5 Å². The van der Waals surface area contributed by atoms with Crippen molar-refractivity contribution in [1.29, 1.82) is 0 Å². The normalized spacial score (nSPS) is 14.3.